The summed E-state index contributed by atoms with van der Waals surface area (Å²) in [6.07, 6.45) is 53.7. The van der Waals surface area contributed by atoms with Crippen molar-refractivity contribution in [3.8, 4) is 0 Å². The normalized spacial score (nSPS) is 14.6. The second kappa shape index (κ2) is 65.2. The zero-order valence-corrected chi connectivity index (χ0v) is 62.7. The number of hydrogen-bond donors (Lipinski definition) is 3. The summed E-state index contributed by atoms with van der Waals surface area (Å²) in [7, 11) is -9.92. The van der Waals surface area contributed by atoms with Gasteiger partial charge in [-0.1, -0.05) is 304 Å². The Morgan fingerprint density at radius 3 is 0.947 bits per heavy atom. The van der Waals surface area contributed by atoms with Gasteiger partial charge in [-0.05, 0) is 69.1 Å². The molecular formula is C75H142O17P2. The Labute approximate surface area is 573 Å². The molecule has 0 radical (unpaired) electrons. The van der Waals surface area contributed by atoms with Crippen LogP contribution in [0.1, 0.15) is 357 Å². The number of esters is 4. The number of carbonyl (C=O) groups excluding carboxylic acids is 4. The van der Waals surface area contributed by atoms with Crippen molar-refractivity contribution in [2.45, 2.75) is 375 Å². The summed E-state index contributed by atoms with van der Waals surface area (Å²) in [5.74, 6) is 0.0920. The number of aliphatic hydroxyl groups excluding tert-OH is 1. The van der Waals surface area contributed by atoms with Crippen LogP contribution in [0.15, 0.2) is 24.3 Å². The first-order chi connectivity index (χ1) is 45.3. The van der Waals surface area contributed by atoms with Gasteiger partial charge in [0.05, 0.1) is 26.4 Å². The number of hydrogen-bond acceptors (Lipinski definition) is 15. The van der Waals surface area contributed by atoms with Crippen LogP contribution in [0.4, 0.5) is 0 Å². The number of phosphoric ester groups is 2. The first-order valence-corrected chi connectivity index (χ1v) is 41.2. The lowest BCUT2D eigenvalue weighted by Gasteiger charge is -2.21. The average molecular weight is 1380 g/mol. The van der Waals surface area contributed by atoms with Gasteiger partial charge in [0.25, 0.3) is 0 Å². The van der Waals surface area contributed by atoms with E-state index >= 15 is 0 Å². The monoisotopic (exact) mass is 1380 g/mol. The van der Waals surface area contributed by atoms with Crippen molar-refractivity contribution in [1.82, 2.24) is 0 Å². The van der Waals surface area contributed by atoms with Gasteiger partial charge in [0.15, 0.2) is 12.2 Å². The van der Waals surface area contributed by atoms with E-state index < -0.39 is 97.5 Å². The molecule has 0 fully saturated rings. The van der Waals surface area contributed by atoms with Crippen LogP contribution in [0, 0.1) is 17.8 Å². The lowest BCUT2D eigenvalue weighted by Crippen LogP contribution is -2.30. The van der Waals surface area contributed by atoms with E-state index in [2.05, 4.69) is 72.8 Å². The first kappa shape index (κ1) is 91.5. The van der Waals surface area contributed by atoms with Crippen LogP contribution in [0.5, 0.6) is 0 Å². The molecule has 0 saturated heterocycles. The topological polar surface area (TPSA) is 237 Å². The van der Waals surface area contributed by atoms with Crippen molar-refractivity contribution in [1.29, 1.82) is 0 Å². The standard InChI is InChI=1S/C75H142O17P2/c1-8-10-11-12-13-14-15-16-18-22-25-28-34-42-49-56-72(77)85-62-70(92-75(80)59-52-45-36-31-30-33-41-48-55-68(7)9-2)64-89-93(81,82)87-60-69(76)61-88-94(83,84)90-65-71(63-86-73(78)57-50-43-38-37-40-47-54-67(5)6)91-74(79)58-51-44-35-29-26-23-20-17-19-21-24-27-32-39-46-53-66(3)4/h14-16,18,66-71,76H,8-13,17,19-65H2,1-7H3,(H,81,82)(H,83,84)/b15-14-,18-16-/t68?,69?,70-,71-/m1/s1. The Kier molecular flexibility index (Phi) is 63.5. The van der Waals surface area contributed by atoms with E-state index in [-0.39, 0.29) is 25.7 Å². The summed E-state index contributed by atoms with van der Waals surface area (Å²) in [5, 5.41) is 10.6. The Balaban J connectivity index is 5.25. The highest BCUT2D eigenvalue weighted by Gasteiger charge is 2.30. The van der Waals surface area contributed by atoms with E-state index in [1.165, 1.54) is 141 Å². The molecule has 19 heteroatoms. The van der Waals surface area contributed by atoms with Crippen LogP contribution in [0.3, 0.4) is 0 Å². The number of allylic oxidation sites excluding steroid dienone is 4. The second-order valence-corrected chi connectivity index (χ2v) is 30.5. The van der Waals surface area contributed by atoms with Crippen molar-refractivity contribution >= 4 is 39.5 Å². The number of ether oxygens (including phenoxy) is 4. The van der Waals surface area contributed by atoms with Crippen LogP contribution in [0.2, 0.25) is 0 Å². The number of rotatable bonds is 71. The number of phosphoric acid groups is 2. The summed E-state index contributed by atoms with van der Waals surface area (Å²) < 4.78 is 68.4. The molecule has 554 valence electrons. The highest BCUT2D eigenvalue weighted by molar-refractivity contribution is 7.47. The minimum atomic E-state index is -4.96. The molecule has 0 heterocycles. The van der Waals surface area contributed by atoms with Gasteiger partial charge >= 0.3 is 39.5 Å². The zero-order chi connectivity index (χ0) is 69.4. The highest BCUT2D eigenvalue weighted by atomic mass is 31.2. The van der Waals surface area contributed by atoms with E-state index in [0.717, 1.165) is 127 Å². The molecular weight excluding hydrogens is 1230 g/mol. The Bertz CT molecular complexity index is 1930. The largest absolute Gasteiger partial charge is 0.472 e. The SMILES string of the molecule is CCCCCC/C=C\C=C/CCCCCCCC(=O)OC[C@H](COP(=O)(O)OCC(O)COP(=O)(O)OC[C@@H](COC(=O)CCCCCCCCC(C)C)OC(=O)CCCCCCCCCCCCCCCCCC(C)C)OC(=O)CCCCCCCCCCC(C)CC. The molecule has 0 spiro atoms. The summed E-state index contributed by atoms with van der Waals surface area (Å²) in [4.78, 5) is 72.7. The van der Waals surface area contributed by atoms with Gasteiger partial charge in [0.2, 0.25) is 0 Å². The predicted molar refractivity (Wildman–Crippen MR) is 381 cm³/mol. The van der Waals surface area contributed by atoms with Crippen LogP contribution in [-0.4, -0.2) is 96.7 Å². The maximum atomic E-state index is 13.0. The molecule has 0 aliphatic carbocycles. The van der Waals surface area contributed by atoms with Gasteiger partial charge in [-0.3, -0.25) is 37.3 Å². The maximum Gasteiger partial charge on any atom is 0.472 e. The van der Waals surface area contributed by atoms with E-state index in [1.54, 1.807) is 0 Å². The Morgan fingerprint density at radius 1 is 0.351 bits per heavy atom. The third kappa shape index (κ3) is 66.8. The van der Waals surface area contributed by atoms with Crippen molar-refractivity contribution in [2.75, 3.05) is 39.6 Å². The minimum Gasteiger partial charge on any atom is -0.462 e. The molecule has 0 aromatic heterocycles. The zero-order valence-electron chi connectivity index (χ0n) is 60.9. The fraction of sp³-hybridized carbons (Fsp3) is 0.893. The molecule has 0 saturated carbocycles. The number of carbonyl (C=O) groups is 4. The van der Waals surface area contributed by atoms with Gasteiger partial charge in [-0.2, -0.15) is 0 Å². The van der Waals surface area contributed by atoms with E-state index in [9.17, 15) is 43.2 Å². The third-order valence-electron chi connectivity index (χ3n) is 17.1. The fourth-order valence-electron chi connectivity index (χ4n) is 10.9. The second-order valence-electron chi connectivity index (χ2n) is 27.5. The van der Waals surface area contributed by atoms with E-state index in [4.69, 9.17) is 37.0 Å². The van der Waals surface area contributed by atoms with Crippen molar-refractivity contribution in [3.05, 3.63) is 24.3 Å². The van der Waals surface area contributed by atoms with Gasteiger partial charge in [-0.25, -0.2) is 9.13 Å². The molecule has 4 unspecified atom stereocenters. The summed E-state index contributed by atoms with van der Waals surface area (Å²) in [6, 6.07) is 0. The molecule has 94 heavy (non-hydrogen) atoms. The molecule has 0 aromatic carbocycles. The summed E-state index contributed by atoms with van der Waals surface area (Å²) in [5.41, 5.74) is 0. The molecule has 0 amide bonds. The number of aliphatic hydroxyl groups is 1. The van der Waals surface area contributed by atoms with E-state index in [0.29, 0.717) is 31.6 Å². The molecule has 6 atom stereocenters. The summed E-state index contributed by atoms with van der Waals surface area (Å²) >= 11 is 0. The van der Waals surface area contributed by atoms with Gasteiger partial charge < -0.3 is 33.8 Å². The quantitative estimate of drug-likeness (QED) is 0.0169. The van der Waals surface area contributed by atoms with Crippen LogP contribution in [0.25, 0.3) is 0 Å². The average Bonchev–Trinajstić information content (AvgIpc) is 3.62. The predicted octanol–water partition coefficient (Wildman–Crippen LogP) is 21.3. The summed E-state index contributed by atoms with van der Waals surface area (Å²) in [6.45, 7) is 11.8. The molecule has 0 bridgehead atoms. The highest BCUT2D eigenvalue weighted by Crippen LogP contribution is 2.45. The Morgan fingerprint density at radius 2 is 0.628 bits per heavy atom. The third-order valence-corrected chi connectivity index (χ3v) is 19.0. The van der Waals surface area contributed by atoms with Crippen molar-refractivity contribution < 1.29 is 80.2 Å². The smallest absolute Gasteiger partial charge is 0.462 e. The van der Waals surface area contributed by atoms with Gasteiger partial charge in [-0.15, -0.1) is 0 Å². The molecule has 0 aliphatic heterocycles. The molecule has 0 aliphatic rings. The number of unbranched alkanes of at least 4 members (excludes halogenated alkanes) is 35. The first-order valence-electron chi connectivity index (χ1n) is 38.2. The molecule has 17 nitrogen and oxygen atoms in total. The maximum absolute atomic E-state index is 13.0. The lowest BCUT2D eigenvalue weighted by atomic mass is 9.99. The minimum absolute atomic E-state index is 0.0978. The van der Waals surface area contributed by atoms with Crippen molar-refractivity contribution in [2.24, 2.45) is 17.8 Å². The Hall–Kier alpha value is -2.46. The van der Waals surface area contributed by atoms with Crippen molar-refractivity contribution in [3.63, 3.8) is 0 Å². The molecule has 3 N–H and O–H groups in total. The molecule has 0 rings (SSSR count). The van der Waals surface area contributed by atoms with Gasteiger partial charge in [0, 0.05) is 25.7 Å². The van der Waals surface area contributed by atoms with E-state index in [1.807, 2.05) is 0 Å². The fourth-order valence-corrected chi connectivity index (χ4v) is 12.4. The van der Waals surface area contributed by atoms with Crippen LogP contribution < -0.4 is 0 Å². The lowest BCUT2D eigenvalue weighted by molar-refractivity contribution is -0.161. The van der Waals surface area contributed by atoms with Crippen LogP contribution in [-0.2, 0) is 65.4 Å². The van der Waals surface area contributed by atoms with Crippen LogP contribution >= 0.6 is 15.6 Å². The van der Waals surface area contributed by atoms with Gasteiger partial charge in [0.1, 0.15) is 19.3 Å². The molecule has 0 aromatic rings.